The van der Waals surface area contributed by atoms with Crippen molar-refractivity contribution in [2.75, 3.05) is 11.6 Å². The van der Waals surface area contributed by atoms with Crippen molar-refractivity contribution >= 4 is 24.2 Å². The number of hydrogen-bond acceptors (Lipinski definition) is 1. The summed E-state index contributed by atoms with van der Waals surface area (Å²) < 4.78 is 0. The van der Waals surface area contributed by atoms with Crippen LogP contribution < -0.4 is 0 Å². The molecular formula is C5H11ClS. The Morgan fingerprint density at radius 2 is 1.86 bits per heavy atom. The molecule has 0 aliphatic rings. The molecule has 0 nitrogen and oxygen atoms in total. The molecule has 0 amide bonds. The summed E-state index contributed by atoms with van der Waals surface area (Å²) in [6, 6.07) is 0. The number of halogens is 1. The first-order valence-corrected chi connectivity index (χ1v) is 3.75. The zero-order chi connectivity index (χ0) is 5.54. The van der Waals surface area contributed by atoms with E-state index in [4.69, 9.17) is 11.6 Å². The van der Waals surface area contributed by atoms with E-state index in [2.05, 4.69) is 12.6 Å². The van der Waals surface area contributed by atoms with Crippen molar-refractivity contribution in [2.45, 2.75) is 19.3 Å². The molecule has 0 atom stereocenters. The smallest absolute Gasteiger partial charge is 0.0223 e. The van der Waals surface area contributed by atoms with Crippen LogP contribution in [0.25, 0.3) is 0 Å². The van der Waals surface area contributed by atoms with Gasteiger partial charge < -0.3 is 0 Å². The maximum atomic E-state index is 5.41. The molecule has 0 unspecified atom stereocenters. The Hall–Kier alpha value is 0.640. The second kappa shape index (κ2) is 6.64. The Balaban J connectivity index is 2.45. The molecule has 0 aromatic carbocycles. The van der Waals surface area contributed by atoms with Crippen LogP contribution in [0.3, 0.4) is 0 Å². The molecular weight excluding hydrogens is 128 g/mol. The van der Waals surface area contributed by atoms with E-state index in [1.165, 1.54) is 12.8 Å². The molecule has 0 rings (SSSR count). The molecule has 0 heterocycles. The van der Waals surface area contributed by atoms with Gasteiger partial charge in [-0.05, 0) is 18.6 Å². The molecule has 0 fully saturated rings. The molecule has 7 heavy (non-hydrogen) atoms. The van der Waals surface area contributed by atoms with Gasteiger partial charge in [0.05, 0.1) is 0 Å². The molecule has 0 aromatic heterocycles. The molecule has 0 N–H and O–H groups in total. The van der Waals surface area contributed by atoms with Crippen molar-refractivity contribution in [3.8, 4) is 0 Å². The summed E-state index contributed by atoms with van der Waals surface area (Å²) in [6.07, 6.45) is 3.57. The summed E-state index contributed by atoms with van der Waals surface area (Å²) in [5.74, 6) is 1.80. The first-order valence-electron chi connectivity index (χ1n) is 2.58. The van der Waals surface area contributed by atoms with Gasteiger partial charge in [0.1, 0.15) is 0 Å². The van der Waals surface area contributed by atoms with Crippen molar-refractivity contribution in [2.24, 2.45) is 0 Å². The molecule has 0 bridgehead atoms. The van der Waals surface area contributed by atoms with Crippen LogP contribution in [0.4, 0.5) is 0 Å². The summed E-state index contributed by atoms with van der Waals surface area (Å²) in [4.78, 5) is 0. The van der Waals surface area contributed by atoms with Crippen LogP contribution in [0.1, 0.15) is 19.3 Å². The number of rotatable bonds is 4. The lowest BCUT2D eigenvalue weighted by molar-refractivity contribution is 0.784. The zero-order valence-corrected chi connectivity index (χ0v) is 6.01. The molecule has 0 radical (unpaired) electrons. The Morgan fingerprint density at radius 1 is 1.14 bits per heavy atom. The summed E-state index contributed by atoms with van der Waals surface area (Å²) in [5, 5.41) is 0. The SMILES string of the molecule is SCCCCCCl. The van der Waals surface area contributed by atoms with Gasteiger partial charge in [0, 0.05) is 5.88 Å². The van der Waals surface area contributed by atoms with E-state index in [0.717, 1.165) is 18.1 Å². The van der Waals surface area contributed by atoms with E-state index in [1.54, 1.807) is 0 Å². The standard InChI is InChI=1S/C5H11ClS/c6-4-2-1-3-5-7/h7H,1-5H2. The Bertz CT molecular complexity index is 27.3. The second-order valence-corrected chi connectivity index (χ2v) is 2.30. The van der Waals surface area contributed by atoms with Gasteiger partial charge in [-0.2, -0.15) is 12.6 Å². The van der Waals surface area contributed by atoms with Crippen LogP contribution in [0.15, 0.2) is 0 Å². The molecule has 0 aliphatic carbocycles. The van der Waals surface area contributed by atoms with Crippen molar-refractivity contribution in [3.63, 3.8) is 0 Å². The highest BCUT2D eigenvalue weighted by Gasteiger charge is 1.81. The predicted molar refractivity (Wildman–Crippen MR) is 38.4 cm³/mol. The quantitative estimate of drug-likeness (QED) is 0.344. The first kappa shape index (κ1) is 7.64. The minimum absolute atomic E-state index is 0.799. The van der Waals surface area contributed by atoms with Crippen LogP contribution in [0.2, 0.25) is 0 Å². The van der Waals surface area contributed by atoms with E-state index in [0.29, 0.717) is 0 Å². The van der Waals surface area contributed by atoms with Crippen LogP contribution in [0, 0.1) is 0 Å². The Labute approximate surface area is 55.7 Å². The van der Waals surface area contributed by atoms with E-state index in [1.807, 2.05) is 0 Å². The summed E-state index contributed by atoms with van der Waals surface area (Å²) in [6.45, 7) is 0. The minimum Gasteiger partial charge on any atom is -0.179 e. The fourth-order valence-electron chi connectivity index (χ4n) is 0.383. The molecule has 2 heteroatoms. The van der Waals surface area contributed by atoms with Gasteiger partial charge in [0.15, 0.2) is 0 Å². The normalized spacial score (nSPS) is 9.43. The van der Waals surface area contributed by atoms with Gasteiger partial charge in [-0.25, -0.2) is 0 Å². The third kappa shape index (κ3) is 6.64. The number of thiol groups is 1. The molecule has 0 aromatic rings. The summed E-state index contributed by atoms with van der Waals surface area (Å²) in [5.41, 5.74) is 0. The second-order valence-electron chi connectivity index (χ2n) is 1.47. The van der Waals surface area contributed by atoms with Gasteiger partial charge in [-0.1, -0.05) is 6.42 Å². The third-order valence-corrected chi connectivity index (χ3v) is 1.38. The average molecular weight is 139 g/mol. The van der Waals surface area contributed by atoms with E-state index in [-0.39, 0.29) is 0 Å². The van der Waals surface area contributed by atoms with Crippen LogP contribution in [0.5, 0.6) is 0 Å². The molecule has 0 saturated carbocycles. The van der Waals surface area contributed by atoms with Crippen molar-refractivity contribution in [1.82, 2.24) is 0 Å². The molecule has 0 saturated heterocycles. The van der Waals surface area contributed by atoms with Crippen LogP contribution in [-0.4, -0.2) is 11.6 Å². The van der Waals surface area contributed by atoms with Crippen LogP contribution >= 0.6 is 24.2 Å². The fourth-order valence-corrected chi connectivity index (χ4v) is 0.796. The van der Waals surface area contributed by atoms with E-state index < -0.39 is 0 Å². The predicted octanol–water partition coefficient (Wildman–Crippen LogP) is 2.33. The Morgan fingerprint density at radius 3 is 2.29 bits per heavy atom. The zero-order valence-electron chi connectivity index (χ0n) is 4.36. The molecule has 0 aliphatic heterocycles. The summed E-state index contributed by atoms with van der Waals surface area (Å²) >= 11 is 9.46. The van der Waals surface area contributed by atoms with Gasteiger partial charge in [-0.15, -0.1) is 11.6 Å². The largest absolute Gasteiger partial charge is 0.179 e. The number of alkyl halides is 1. The molecule has 44 valence electrons. The monoisotopic (exact) mass is 138 g/mol. The molecule has 0 spiro atoms. The maximum Gasteiger partial charge on any atom is 0.0223 e. The topological polar surface area (TPSA) is 0 Å². The van der Waals surface area contributed by atoms with Gasteiger partial charge in [-0.3, -0.25) is 0 Å². The lowest BCUT2D eigenvalue weighted by Crippen LogP contribution is -1.77. The van der Waals surface area contributed by atoms with E-state index >= 15 is 0 Å². The van der Waals surface area contributed by atoms with E-state index in [9.17, 15) is 0 Å². The lowest BCUT2D eigenvalue weighted by Gasteiger charge is -1.89. The van der Waals surface area contributed by atoms with Gasteiger partial charge >= 0.3 is 0 Å². The minimum atomic E-state index is 0.799. The highest BCUT2D eigenvalue weighted by Crippen LogP contribution is 1.97. The average Bonchev–Trinajstić information content (AvgIpc) is 1.69. The van der Waals surface area contributed by atoms with Crippen molar-refractivity contribution < 1.29 is 0 Å². The highest BCUT2D eigenvalue weighted by atomic mass is 35.5. The van der Waals surface area contributed by atoms with Crippen molar-refractivity contribution in [1.29, 1.82) is 0 Å². The maximum absolute atomic E-state index is 5.41. The first-order chi connectivity index (χ1) is 3.41. The lowest BCUT2D eigenvalue weighted by atomic mass is 10.3. The summed E-state index contributed by atoms with van der Waals surface area (Å²) in [7, 11) is 0. The van der Waals surface area contributed by atoms with Gasteiger partial charge in [0.2, 0.25) is 0 Å². The highest BCUT2D eigenvalue weighted by molar-refractivity contribution is 7.80. The number of unbranched alkanes of at least 4 members (excludes halogenated alkanes) is 2. The number of hydrogen-bond donors (Lipinski definition) is 1. The third-order valence-electron chi connectivity index (χ3n) is 0.792. The van der Waals surface area contributed by atoms with Gasteiger partial charge in [0.25, 0.3) is 0 Å². The Kier molecular flexibility index (Phi) is 7.25. The fraction of sp³-hybridized carbons (Fsp3) is 1.00. The van der Waals surface area contributed by atoms with Crippen molar-refractivity contribution in [3.05, 3.63) is 0 Å². The van der Waals surface area contributed by atoms with Crippen LogP contribution in [-0.2, 0) is 0 Å².